The van der Waals surface area contributed by atoms with E-state index in [1.165, 1.54) is 7.11 Å². The highest BCUT2D eigenvalue weighted by Crippen LogP contribution is 2.39. The summed E-state index contributed by atoms with van der Waals surface area (Å²) in [5.41, 5.74) is 7.34. The van der Waals surface area contributed by atoms with Crippen LogP contribution in [0.1, 0.15) is 16.1 Å². The van der Waals surface area contributed by atoms with Gasteiger partial charge >= 0.3 is 0 Å². The monoisotopic (exact) mass is 297 g/mol. The number of nitrogens with two attached hydrogens (primary N) is 1. The predicted octanol–water partition coefficient (Wildman–Crippen LogP) is 3.26. The van der Waals surface area contributed by atoms with Crippen LogP contribution in [0.3, 0.4) is 0 Å². The fourth-order valence-corrected chi connectivity index (χ4v) is 2.36. The largest absolute Gasteiger partial charge is 0.496 e. The molecule has 2 aromatic carbocycles. The van der Waals surface area contributed by atoms with E-state index >= 15 is 0 Å². The lowest BCUT2D eigenvalue weighted by Crippen LogP contribution is -2.02. The molecular formula is C17H15NO4. The zero-order valence-corrected chi connectivity index (χ0v) is 12.3. The maximum atomic E-state index is 12.5. The molecule has 0 amide bonds. The van der Waals surface area contributed by atoms with Crippen molar-refractivity contribution in [3.8, 4) is 11.5 Å². The van der Waals surface area contributed by atoms with Gasteiger partial charge < -0.3 is 19.6 Å². The molecule has 0 bridgehead atoms. The van der Waals surface area contributed by atoms with E-state index < -0.39 is 0 Å². The Bertz CT molecular complexity index is 837. The number of ether oxygens (including phenoxy) is 2. The van der Waals surface area contributed by atoms with E-state index in [1.54, 1.807) is 43.5 Å². The summed E-state index contributed by atoms with van der Waals surface area (Å²) < 4.78 is 16.2. The first kappa shape index (κ1) is 14.0. The number of hydrogen-bond donors (Lipinski definition) is 1. The second-order valence-corrected chi connectivity index (χ2v) is 4.74. The van der Waals surface area contributed by atoms with Crippen LogP contribution in [0.15, 0.2) is 46.9 Å². The zero-order chi connectivity index (χ0) is 15.7. The third-order valence-corrected chi connectivity index (χ3v) is 3.46. The summed E-state index contributed by atoms with van der Waals surface area (Å²) in [4.78, 5) is 12.5. The van der Waals surface area contributed by atoms with E-state index in [0.717, 1.165) is 0 Å². The summed E-state index contributed by atoms with van der Waals surface area (Å²) in [6.45, 7) is 0. The Hall–Kier alpha value is -2.95. The molecule has 0 aliphatic heterocycles. The van der Waals surface area contributed by atoms with Gasteiger partial charge in [-0.2, -0.15) is 0 Å². The van der Waals surface area contributed by atoms with Gasteiger partial charge in [0.2, 0.25) is 5.78 Å². The number of rotatable bonds is 4. The number of nitrogen functional groups attached to an aromatic ring is 1. The van der Waals surface area contributed by atoms with Gasteiger partial charge in [-0.1, -0.05) is 30.3 Å². The third-order valence-electron chi connectivity index (χ3n) is 3.46. The van der Waals surface area contributed by atoms with Crippen LogP contribution in [-0.2, 0) is 0 Å². The number of carbonyl (C=O) groups is 1. The third kappa shape index (κ3) is 2.16. The molecule has 0 unspecified atom stereocenters. The molecule has 112 valence electrons. The van der Waals surface area contributed by atoms with Gasteiger partial charge in [0.05, 0.1) is 25.3 Å². The van der Waals surface area contributed by atoms with E-state index in [-0.39, 0.29) is 17.2 Å². The standard InChI is InChI=1S/C17H15NO4/c1-20-11-8-12(21-2)14-13(9-11)22-17(15(14)18)16(19)10-6-4-3-5-7-10/h3-9H,18H2,1-2H3. The topological polar surface area (TPSA) is 74.7 Å². The first-order valence-electron chi connectivity index (χ1n) is 6.69. The van der Waals surface area contributed by atoms with Crippen molar-refractivity contribution in [1.29, 1.82) is 0 Å². The molecule has 1 aromatic heterocycles. The molecular weight excluding hydrogens is 282 g/mol. The lowest BCUT2D eigenvalue weighted by atomic mass is 10.1. The molecule has 0 fully saturated rings. The fourth-order valence-electron chi connectivity index (χ4n) is 2.36. The van der Waals surface area contributed by atoms with E-state index in [9.17, 15) is 4.79 Å². The maximum absolute atomic E-state index is 12.5. The molecule has 0 saturated heterocycles. The highest BCUT2D eigenvalue weighted by molar-refractivity contribution is 6.15. The van der Waals surface area contributed by atoms with Crippen LogP contribution in [0.4, 0.5) is 5.69 Å². The van der Waals surface area contributed by atoms with Crippen LogP contribution in [0.25, 0.3) is 11.0 Å². The van der Waals surface area contributed by atoms with Crippen molar-refractivity contribution in [1.82, 2.24) is 0 Å². The van der Waals surface area contributed by atoms with Crippen LogP contribution >= 0.6 is 0 Å². The molecule has 5 nitrogen and oxygen atoms in total. The summed E-state index contributed by atoms with van der Waals surface area (Å²) in [6, 6.07) is 12.2. The molecule has 5 heteroatoms. The predicted molar refractivity (Wildman–Crippen MR) is 83.6 cm³/mol. The minimum atomic E-state index is -0.268. The Labute approximate surface area is 127 Å². The Morgan fingerprint density at radius 3 is 2.45 bits per heavy atom. The van der Waals surface area contributed by atoms with Crippen molar-refractivity contribution in [3.63, 3.8) is 0 Å². The second-order valence-electron chi connectivity index (χ2n) is 4.74. The van der Waals surface area contributed by atoms with Crippen LogP contribution in [-0.4, -0.2) is 20.0 Å². The van der Waals surface area contributed by atoms with E-state index in [1.807, 2.05) is 6.07 Å². The number of carbonyl (C=O) groups excluding carboxylic acids is 1. The first-order valence-corrected chi connectivity index (χ1v) is 6.69. The van der Waals surface area contributed by atoms with Gasteiger partial charge in [-0.25, -0.2) is 0 Å². The van der Waals surface area contributed by atoms with Gasteiger partial charge in [0.1, 0.15) is 17.1 Å². The molecule has 1 heterocycles. The fraction of sp³-hybridized carbons (Fsp3) is 0.118. The minimum Gasteiger partial charge on any atom is -0.496 e. The van der Waals surface area contributed by atoms with Gasteiger partial charge in [0, 0.05) is 17.7 Å². The average molecular weight is 297 g/mol. The zero-order valence-electron chi connectivity index (χ0n) is 12.3. The summed E-state index contributed by atoms with van der Waals surface area (Å²) in [7, 11) is 3.07. The van der Waals surface area contributed by atoms with Gasteiger partial charge in [-0.15, -0.1) is 0 Å². The number of hydrogen-bond acceptors (Lipinski definition) is 5. The minimum absolute atomic E-state index is 0.104. The summed E-state index contributed by atoms with van der Waals surface area (Å²) >= 11 is 0. The molecule has 0 atom stereocenters. The second kappa shape index (κ2) is 5.44. The molecule has 22 heavy (non-hydrogen) atoms. The number of ketones is 1. The number of benzene rings is 2. The van der Waals surface area contributed by atoms with E-state index in [4.69, 9.17) is 19.6 Å². The number of furan rings is 1. The van der Waals surface area contributed by atoms with E-state index in [0.29, 0.717) is 28.0 Å². The van der Waals surface area contributed by atoms with Crippen molar-refractivity contribution in [2.24, 2.45) is 0 Å². The van der Waals surface area contributed by atoms with E-state index in [2.05, 4.69) is 0 Å². The van der Waals surface area contributed by atoms with Crippen LogP contribution in [0.2, 0.25) is 0 Å². The van der Waals surface area contributed by atoms with Gasteiger partial charge in [-0.3, -0.25) is 4.79 Å². The molecule has 3 rings (SSSR count). The quantitative estimate of drug-likeness (QED) is 0.748. The molecule has 2 N–H and O–H groups in total. The molecule has 0 radical (unpaired) electrons. The molecule has 3 aromatic rings. The molecule has 0 spiro atoms. The SMILES string of the molecule is COc1cc(OC)c2c(N)c(C(=O)c3ccccc3)oc2c1. The molecule has 0 saturated carbocycles. The smallest absolute Gasteiger partial charge is 0.230 e. The highest BCUT2D eigenvalue weighted by atomic mass is 16.5. The van der Waals surface area contributed by atoms with Crippen LogP contribution in [0, 0.1) is 0 Å². The summed E-state index contributed by atoms with van der Waals surface area (Å²) in [5, 5.41) is 0.572. The van der Waals surface area contributed by atoms with Crippen molar-refractivity contribution in [2.45, 2.75) is 0 Å². The Morgan fingerprint density at radius 2 is 1.82 bits per heavy atom. The molecule has 0 aliphatic carbocycles. The van der Waals surface area contributed by atoms with Crippen LogP contribution < -0.4 is 15.2 Å². The maximum Gasteiger partial charge on any atom is 0.230 e. The summed E-state index contributed by atoms with van der Waals surface area (Å²) in [6.07, 6.45) is 0. The van der Waals surface area contributed by atoms with Crippen molar-refractivity contribution in [3.05, 3.63) is 53.8 Å². The van der Waals surface area contributed by atoms with Gasteiger partial charge in [0.15, 0.2) is 5.76 Å². The highest BCUT2D eigenvalue weighted by Gasteiger charge is 2.23. The Balaban J connectivity index is 2.20. The Kier molecular flexibility index (Phi) is 3.47. The summed E-state index contributed by atoms with van der Waals surface area (Å²) in [5.74, 6) is 0.905. The average Bonchev–Trinajstić information content (AvgIpc) is 2.91. The normalized spacial score (nSPS) is 10.6. The lowest BCUT2D eigenvalue weighted by molar-refractivity contribution is 0.101. The number of fused-ring (bicyclic) bond motifs is 1. The Morgan fingerprint density at radius 1 is 1.09 bits per heavy atom. The van der Waals surface area contributed by atoms with Gasteiger partial charge in [0.25, 0.3) is 0 Å². The first-order chi connectivity index (χ1) is 10.7. The van der Waals surface area contributed by atoms with Gasteiger partial charge in [-0.05, 0) is 0 Å². The molecule has 0 aliphatic rings. The van der Waals surface area contributed by atoms with Crippen LogP contribution in [0.5, 0.6) is 11.5 Å². The van der Waals surface area contributed by atoms with Crippen molar-refractivity contribution >= 4 is 22.4 Å². The van der Waals surface area contributed by atoms with Crippen molar-refractivity contribution < 1.29 is 18.7 Å². The number of methoxy groups -OCH3 is 2. The lowest BCUT2D eigenvalue weighted by Gasteiger charge is -2.05. The number of anilines is 1. The van der Waals surface area contributed by atoms with Crippen molar-refractivity contribution in [2.75, 3.05) is 20.0 Å².